The monoisotopic (exact) mass is 286 g/mol. The Morgan fingerprint density at radius 1 is 1.10 bits per heavy atom. The molecule has 2 N–H and O–H groups in total. The lowest BCUT2D eigenvalue weighted by molar-refractivity contribution is -0.136. The summed E-state index contributed by atoms with van der Waals surface area (Å²) >= 11 is 0. The van der Waals surface area contributed by atoms with Crippen molar-refractivity contribution >= 4 is 17.4 Å². The topological polar surface area (TPSA) is 58.2 Å². The maximum atomic E-state index is 12.8. The average molecular weight is 286 g/mol. The highest BCUT2D eigenvalue weighted by Gasteiger charge is 2.72. The number of anilines is 1. The molecule has 3 rings (SSSR count). The van der Waals surface area contributed by atoms with Gasteiger partial charge >= 0.3 is 0 Å². The molecule has 4 heteroatoms. The molecule has 1 aromatic rings. The summed E-state index contributed by atoms with van der Waals surface area (Å²) in [5, 5.41) is 0. The van der Waals surface area contributed by atoms with E-state index >= 15 is 0 Å². The summed E-state index contributed by atoms with van der Waals surface area (Å²) in [6.45, 7) is 6.14. The van der Waals surface area contributed by atoms with Crippen molar-refractivity contribution in [2.75, 3.05) is 5.43 Å². The van der Waals surface area contributed by atoms with Gasteiger partial charge in [-0.2, -0.15) is 0 Å². The predicted molar refractivity (Wildman–Crippen MR) is 81.4 cm³/mol. The minimum Gasteiger partial charge on any atom is -0.299 e. The Labute approximate surface area is 125 Å². The standard InChI is InChI=1S/C17H22N2O2/c1-15(2)16(3)9-10-17(15,11-13(16)20)14(21)19-18-12-7-5-4-6-8-12/h4-8,18H,9-11H2,1-3H3,(H,19,21). The van der Waals surface area contributed by atoms with Crippen LogP contribution in [0.3, 0.4) is 0 Å². The highest BCUT2D eigenvalue weighted by Crippen LogP contribution is 2.70. The van der Waals surface area contributed by atoms with Crippen LogP contribution in [0.4, 0.5) is 5.69 Å². The van der Waals surface area contributed by atoms with Gasteiger partial charge in [-0.3, -0.25) is 20.4 Å². The average Bonchev–Trinajstić information content (AvgIpc) is 2.76. The Morgan fingerprint density at radius 3 is 2.29 bits per heavy atom. The third-order valence-corrected chi connectivity index (χ3v) is 6.23. The Hall–Kier alpha value is -1.84. The van der Waals surface area contributed by atoms with Gasteiger partial charge in [0.25, 0.3) is 0 Å². The number of hydrazine groups is 1. The van der Waals surface area contributed by atoms with Gasteiger partial charge in [-0.1, -0.05) is 39.0 Å². The van der Waals surface area contributed by atoms with Crippen molar-refractivity contribution in [3.05, 3.63) is 30.3 Å². The van der Waals surface area contributed by atoms with Crippen LogP contribution in [0.25, 0.3) is 0 Å². The van der Waals surface area contributed by atoms with E-state index in [2.05, 4.69) is 24.7 Å². The van der Waals surface area contributed by atoms with Gasteiger partial charge in [-0.15, -0.1) is 0 Å². The summed E-state index contributed by atoms with van der Waals surface area (Å²) in [4.78, 5) is 25.1. The maximum Gasteiger partial charge on any atom is 0.245 e. The molecule has 2 aliphatic rings. The van der Waals surface area contributed by atoms with Crippen LogP contribution in [0.15, 0.2) is 30.3 Å². The molecule has 2 saturated carbocycles. The summed E-state index contributed by atoms with van der Waals surface area (Å²) in [5.41, 5.74) is 5.35. The van der Waals surface area contributed by atoms with Gasteiger partial charge in [0, 0.05) is 11.8 Å². The number of carbonyl (C=O) groups is 2. The number of para-hydroxylation sites is 1. The van der Waals surface area contributed by atoms with Gasteiger partial charge in [-0.25, -0.2) is 0 Å². The highest BCUT2D eigenvalue weighted by molar-refractivity contribution is 5.99. The molecule has 0 heterocycles. The molecule has 2 unspecified atom stereocenters. The first-order chi connectivity index (χ1) is 9.83. The Kier molecular flexibility index (Phi) is 2.91. The normalized spacial score (nSPS) is 33.0. The molecule has 112 valence electrons. The quantitative estimate of drug-likeness (QED) is 0.840. The molecule has 0 radical (unpaired) electrons. The van der Waals surface area contributed by atoms with Crippen LogP contribution in [-0.4, -0.2) is 11.7 Å². The lowest BCUT2D eigenvalue weighted by Crippen LogP contribution is -2.48. The van der Waals surface area contributed by atoms with Gasteiger partial charge in [-0.05, 0) is 30.4 Å². The van der Waals surface area contributed by atoms with Crippen LogP contribution in [0.2, 0.25) is 0 Å². The van der Waals surface area contributed by atoms with Crippen LogP contribution in [0.1, 0.15) is 40.0 Å². The number of carbonyl (C=O) groups excluding carboxylic acids is 2. The molecule has 1 amide bonds. The molecular weight excluding hydrogens is 264 g/mol. The van der Waals surface area contributed by atoms with Crippen molar-refractivity contribution in [1.29, 1.82) is 0 Å². The van der Waals surface area contributed by atoms with Crippen LogP contribution in [-0.2, 0) is 9.59 Å². The van der Waals surface area contributed by atoms with E-state index in [0.29, 0.717) is 6.42 Å². The summed E-state index contributed by atoms with van der Waals surface area (Å²) in [6.07, 6.45) is 1.95. The van der Waals surface area contributed by atoms with Crippen LogP contribution in [0, 0.1) is 16.2 Å². The van der Waals surface area contributed by atoms with Crippen molar-refractivity contribution in [3.63, 3.8) is 0 Å². The molecule has 2 fully saturated rings. The summed E-state index contributed by atoms with van der Waals surface area (Å²) < 4.78 is 0. The predicted octanol–water partition coefficient (Wildman–Crippen LogP) is 2.92. The van der Waals surface area contributed by atoms with E-state index in [1.165, 1.54) is 0 Å². The molecule has 0 aromatic heterocycles. The van der Waals surface area contributed by atoms with Crippen molar-refractivity contribution in [2.45, 2.75) is 40.0 Å². The van der Waals surface area contributed by atoms with Crippen molar-refractivity contribution in [2.24, 2.45) is 16.2 Å². The molecule has 2 aliphatic carbocycles. The number of hydrogen-bond acceptors (Lipinski definition) is 3. The number of Topliss-reactive ketones (excluding diaryl/α,β-unsaturated/α-hetero) is 1. The number of hydrogen-bond donors (Lipinski definition) is 2. The van der Waals surface area contributed by atoms with Crippen LogP contribution in [0.5, 0.6) is 0 Å². The number of ketones is 1. The first-order valence-corrected chi connectivity index (χ1v) is 7.48. The second-order valence-electron chi connectivity index (χ2n) is 7.08. The molecule has 1 aromatic carbocycles. The minimum atomic E-state index is -0.583. The fraction of sp³-hybridized carbons (Fsp3) is 0.529. The third kappa shape index (κ3) is 1.68. The van der Waals surface area contributed by atoms with Gasteiger partial charge in [0.1, 0.15) is 5.78 Å². The van der Waals surface area contributed by atoms with Crippen LogP contribution < -0.4 is 10.9 Å². The first kappa shape index (κ1) is 14.1. The molecule has 21 heavy (non-hydrogen) atoms. The molecule has 4 nitrogen and oxygen atoms in total. The second kappa shape index (κ2) is 4.33. The number of fused-ring (bicyclic) bond motifs is 2. The molecule has 2 atom stereocenters. The second-order valence-corrected chi connectivity index (χ2v) is 7.08. The van der Waals surface area contributed by atoms with Crippen LogP contribution >= 0.6 is 0 Å². The van der Waals surface area contributed by atoms with E-state index < -0.39 is 5.41 Å². The molecular formula is C17H22N2O2. The summed E-state index contributed by atoms with van der Waals surface area (Å²) in [7, 11) is 0. The third-order valence-electron chi connectivity index (χ3n) is 6.23. The minimum absolute atomic E-state index is 0.0640. The van der Waals surface area contributed by atoms with E-state index in [-0.39, 0.29) is 22.5 Å². The molecule has 0 spiro atoms. The highest BCUT2D eigenvalue weighted by atomic mass is 16.2. The SMILES string of the molecule is CC12CCC(C(=O)NNc3ccccc3)(CC1=O)C2(C)C. The zero-order chi connectivity index (χ0) is 15.3. The lowest BCUT2D eigenvalue weighted by atomic mass is 9.64. The number of amides is 1. The van der Waals surface area contributed by atoms with E-state index in [9.17, 15) is 9.59 Å². The number of nitrogens with one attached hydrogen (secondary N) is 2. The fourth-order valence-corrected chi connectivity index (χ4v) is 4.13. The van der Waals surface area contributed by atoms with Crippen molar-refractivity contribution in [1.82, 2.24) is 5.43 Å². The first-order valence-electron chi connectivity index (χ1n) is 7.48. The van der Waals surface area contributed by atoms with E-state index in [4.69, 9.17) is 0 Å². The van der Waals surface area contributed by atoms with Gasteiger partial charge in [0.2, 0.25) is 5.91 Å². The maximum absolute atomic E-state index is 12.8. The van der Waals surface area contributed by atoms with Gasteiger partial charge < -0.3 is 0 Å². The van der Waals surface area contributed by atoms with Crippen molar-refractivity contribution in [3.8, 4) is 0 Å². The summed E-state index contributed by atoms with van der Waals surface area (Å²) in [6, 6.07) is 9.51. The van der Waals surface area contributed by atoms with Gasteiger partial charge in [0.15, 0.2) is 0 Å². The lowest BCUT2D eigenvalue weighted by Gasteiger charge is -2.38. The molecule has 0 aliphatic heterocycles. The van der Waals surface area contributed by atoms with Crippen molar-refractivity contribution < 1.29 is 9.59 Å². The van der Waals surface area contributed by atoms with Gasteiger partial charge in [0.05, 0.1) is 11.1 Å². The van der Waals surface area contributed by atoms with E-state index in [1.807, 2.05) is 37.3 Å². The Bertz CT molecular complexity index is 596. The zero-order valence-corrected chi connectivity index (χ0v) is 12.8. The molecule has 0 saturated heterocycles. The number of benzene rings is 1. The summed E-state index contributed by atoms with van der Waals surface area (Å²) in [5.74, 6) is 0.166. The van der Waals surface area contributed by atoms with E-state index in [1.54, 1.807) is 0 Å². The Balaban J connectivity index is 1.80. The smallest absolute Gasteiger partial charge is 0.245 e. The fourth-order valence-electron chi connectivity index (χ4n) is 4.13. The number of rotatable bonds is 3. The largest absolute Gasteiger partial charge is 0.299 e. The zero-order valence-electron chi connectivity index (χ0n) is 12.8. The molecule has 2 bridgehead atoms. The Morgan fingerprint density at radius 2 is 1.76 bits per heavy atom. The van der Waals surface area contributed by atoms with E-state index in [0.717, 1.165) is 18.5 Å².